The number of primary amides is 1. The molecule has 0 radical (unpaired) electrons. The van der Waals surface area contributed by atoms with E-state index in [4.69, 9.17) is 5.73 Å². The molecule has 0 saturated carbocycles. The molecule has 3 N–H and O–H groups in total. The third kappa shape index (κ3) is 3.70. The van der Waals surface area contributed by atoms with E-state index in [0.29, 0.717) is 11.8 Å². The summed E-state index contributed by atoms with van der Waals surface area (Å²) in [6, 6.07) is 7.81. The standard InChI is InChI=1S/C15H22N2O2/c1-11(17-9-8-13(10-17)15(16)19)2-3-12-4-6-14(18)7-5-12/h4-7,11,13,18H,2-3,8-10H2,1H3,(H2,16,19). The molecule has 0 aliphatic carbocycles. The van der Waals surface area contributed by atoms with Gasteiger partial charge in [0, 0.05) is 12.6 Å². The fourth-order valence-electron chi connectivity index (χ4n) is 2.64. The molecule has 2 atom stereocenters. The maximum Gasteiger partial charge on any atom is 0.221 e. The van der Waals surface area contributed by atoms with Crippen LogP contribution in [-0.2, 0) is 11.2 Å². The molecular formula is C15H22N2O2. The van der Waals surface area contributed by atoms with Gasteiger partial charge in [-0.1, -0.05) is 12.1 Å². The average Bonchev–Trinajstić information content (AvgIpc) is 2.87. The summed E-state index contributed by atoms with van der Waals surface area (Å²) in [4.78, 5) is 13.5. The van der Waals surface area contributed by atoms with Crippen molar-refractivity contribution >= 4 is 5.91 Å². The fourth-order valence-corrected chi connectivity index (χ4v) is 2.64. The van der Waals surface area contributed by atoms with E-state index in [0.717, 1.165) is 32.4 Å². The van der Waals surface area contributed by atoms with Crippen LogP contribution in [0.4, 0.5) is 0 Å². The van der Waals surface area contributed by atoms with Gasteiger partial charge in [0.1, 0.15) is 5.75 Å². The third-order valence-electron chi connectivity index (χ3n) is 4.03. The van der Waals surface area contributed by atoms with Crippen molar-refractivity contribution in [3.63, 3.8) is 0 Å². The molecular weight excluding hydrogens is 240 g/mol. The number of hydrogen-bond donors (Lipinski definition) is 2. The van der Waals surface area contributed by atoms with Crippen molar-refractivity contribution in [1.82, 2.24) is 4.90 Å². The number of carbonyl (C=O) groups is 1. The quantitative estimate of drug-likeness (QED) is 0.845. The number of hydrogen-bond acceptors (Lipinski definition) is 3. The lowest BCUT2D eigenvalue weighted by molar-refractivity contribution is -0.121. The summed E-state index contributed by atoms with van der Waals surface area (Å²) in [5.74, 6) is 0.157. The molecule has 4 nitrogen and oxygen atoms in total. The van der Waals surface area contributed by atoms with Crippen LogP contribution in [0.2, 0.25) is 0 Å². The van der Waals surface area contributed by atoms with Gasteiger partial charge >= 0.3 is 0 Å². The molecule has 1 aromatic carbocycles. The minimum Gasteiger partial charge on any atom is -0.508 e. The Morgan fingerprint density at radius 3 is 2.74 bits per heavy atom. The number of phenolic OH excluding ortho intramolecular Hbond substituents is 1. The summed E-state index contributed by atoms with van der Waals surface area (Å²) in [7, 11) is 0. The van der Waals surface area contributed by atoms with Crippen LogP contribution in [0.1, 0.15) is 25.3 Å². The molecule has 1 amide bonds. The normalized spacial score (nSPS) is 21.4. The first-order valence-electron chi connectivity index (χ1n) is 6.87. The summed E-state index contributed by atoms with van der Waals surface area (Å²) in [6.45, 7) is 3.96. The minimum atomic E-state index is -0.173. The summed E-state index contributed by atoms with van der Waals surface area (Å²) in [5.41, 5.74) is 6.58. The van der Waals surface area contributed by atoms with Crippen molar-refractivity contribution in [3.05, 3.63) is 29.8 Å². The van der Waals surface area contributed by atoms with Gasteiger partial charge in [0.25, 0.3) is 0 Å². The first-order valence-corrected chi connectivity index (χ1v) is 6.87. The van der Waals surface area contributed by atoms with E-state index in [-0.39, 0.29) is 11.8 Å². The minimum absolute atomic E-state index is 0.0242. The van der Waals surface area contributed by atoms with E-state index in [1.54, 1.807) is 12.1 Å². The van der Waals surface area contributed by atoms with Crippen molar-refractivity contribution in [2.45, 2.75) is 32.2 Å². The lowest BCUT2D eigenvalue weighted by Gasteiger charge is -2.24. The highest BCUT2D eigenvalue weighted by Crippen LogP contribution is 2.21. The number of amides is 1. The van der Waals surface area contributed by atoms with Crippen LogP contribution in [0.3, 0.4) is 0 Å². The highest BCUT2D eigenvalue weighted by molar-refractivity contribution is 5.77. The predicted molar refractivity (Wildman–Crippen MR) is 74.8 cm³/mol. The van der Waals surface area contributed by atoms with E-state index >= 15 is 0 Å². The Hall–Kier alpha value is -1.55. The number of rotatable bonds is 5. The molecule has 104 valence electrons. The van der Waals surface area contributed by atoms with Crippen LogP contribution in [0, 0.1) is 5.92 Å². The number of nitrogens with zero attached hydrogens (tertiary/aromatic N) is 1. The number of carbonyl (C=O) groups excluding carboxylic acids is 1. The van der Waals surface area contributed by atoms with E-state index in [9.17, 15) is 9.90 Å². The Morgan fingerprint density at radius 2 is 2.16 bits per heavy atom. The topological polar surface area (TPSA) is 66.6 Å². The Labute approximate surface area is 114 Å². The summed E-state index contributed by atoms with van der Waals surface area (Å²) in [6.07, 6.45) is 2.92. The smallest absolute Gasteiger partial charge is 0.221 e. The van der Waals surface area contributed by atoms with Crippen molar-refractivity contribution in [1.29, 1.82) is 0 Å². The number of benzene rings is 1. The van der Waals surface area contributed by atoms with Gasteiger partial charge in [0.15, 0.2) is 0 Å². The number of aromatic hydroxyl groups is 1. The maximum absolute atomic E-state index is 11.2. The monoisotopic (exact) mass is 262 g/mol. The first kappa shape index (κ1) is 13.9. The average molecular weight is 262 g/mol. The van der Waals surface area contributed by atoms with Crippen molar-refractivity contribution in [2.24, 2.45) is 11.7 Å². The molecule has 2 unspecified atom stereocenters. The van der Waals surface area contributed by atoms with Gasteiger partial charge in [-0.3, -0.25) is 9.69 Å². The molecule has 19 heavy (non-hydrogen) atoms. The highest BCUT2D eigenvalue weighted by atomic mass is 16.3. The third-order valence-corrected chi connectivity index (χ3v) is 4.03. The van der Waals surface area contributed by atoms with E-state index < -0.39 is 0 Å². The van der Waals surface area contributed by atoms with Crippen LogP contribution in [0.15, 0.2) is 24.3 Å². The molecule has 4 heteroatoms. The SMILES string of the molecule is CC(CCc1ccc(O)cc1)N1CCC(C(N)=O)C1. The zero-order valence-corrected chi connectivity index (χ0v) is 11.4. The second-order valence-corrected chi connectivity index (χ2v) is 5.44. The number of phenols is 1. The van der Waals surface area contributed by atoms with E-state index in [2.05, 4.69) is 11.8 Å². The number of likely N-dealkylation sites (tertiary alicyclic amines) is 1. The van der Waals surface area contributed by atoms with Crippen molar-refractivity contribution in [3.8, 4) is 5.75 Å². The molecule has 1 fully saturated rings. The summed E-state index contributed by atoms with van der Waals surface area (Å²) < 4.78 is 0. The molecule has 0 aromatic heterocycles. The Bertz CT molecular complexity index is 430. The Morgan fingerprint density at radius 1 is 1.47 bits per heavy atom. The zero-order valence-electron chi connectivity index (χ0n) is 11.4. The van der Waals surface area contributed by atoms with Crippen LogP contribution in [0.25, 0.3) is 0 Å². The second kappa shape index (κ2) is 6.06. The predicted octanol–water partition coefficient (Wildman–Crippen LogP) is 1.52. The molecule has 1 saturated heterocycles. The highest BCUT2D eigenvalue weighted by Gasteiger charge is 2.28. The van der Waals surface area contributed by atoms with Crippen LogP contribution < -0.4 is 5.73 Å². The van der Waals surface area contributed by atoms with Gasteiger partial charge in [0.05, 0.1) is 5.92 Å². The number of nitrogens with two attached hydrogens (primary N) is 1. The van der Waals surface area contributed by atoms with Crippen LogP contribution in [-0.4, -0.2) is 35.0 Å². The first-order chi connectivity index (χ1) is 9.06. The molecule has 1 aliphatic rings. The summed E-state index contributed by atoms with van der Waals surface area (Å²) in [5, 5.41) is 9.24. The van der Waals surface area contributed by atoms with Gasteiger partial charge in [-0.25, -0.2) is 0 Å². The van der Waals surface area contributed by atoms with Crippen molar-refractivity contribution in [2.75, 3.05) is 13.1 Å². The number of aryl methyl sites for hydroxylation is 1. The molecule has 1 aromatic rings. The molecule has 0 bridgehead atoms. The molecule has 1 heterocycles. The van der Waals surface area contributed by atoms with Gasteiger partial charge in [-0.15, -0.1) is 0 Å². The van der Waals surface area contributed by atoms with Crippen LogP contribution in [0.5, 0.6) is 5.75 Å². The zero-order chi connectivity index (χ0) is 13.8. The fraction of sp³-hybridized carbons (Fsp3) is 0.533. The van der Waals surface area contributed by atoms with E-state index in [1.165, 1.54) is 5.56 Å². The second-order valence-electron chi connectivity index (χ2n) is 5.44. The van der Waals surface area contributed by atoms with Gasteiger partial charge in [0.2, 0.25) is 5.91 Å². The van der Waals surface area contributed by atoms with Gasteiger partial charge in [-0.05, 0) is 50.4 Å². The van der Waals surface area contributed by atoms with E-state index in [1.807, 2.05) is 12.1 Å². The van der Waals surface area contributed by atoms with Gasteiger partial charge < -0.3 is 10.8 Å². The summed E-state index contributed by atoms with van der Waals surface area (Å²) >= 11 is 0. The molecule has 0 spiro atoms. The lowest BCUT2D eigenvalue weighted by atomic mass is 10.1. The van der Waals surface area contributed by atoms with Crippen LogP contribution >= 0.6 is 0 Å². The Kier molecular flexibility index (Phi) is 4.43. The largest absolute Gasteiger partial charge is 0.508 e. The molecule has 2 rings (SSSR count). The Balaban J connectivity index is 1.80. The van der Waals surface area contributed by atoms with Gasteiger partial charge in [-0.2, -0.15) is 0 Å². The lowest BCUT2D eigenvalue weighted by Crippen LogP contribution is -2.33. The van der Waals surface area contributed by atoms with Crippen molar-refractivity contribution < 1.29 is 9.90 Å². The maximum atomic E-state index is 11.2. The molecule has 1 aliphatic heterocycles.